The third kappa shape index (κ3) is 1.16. The molecule has 0 aromatic heterocycles. The number of hydrogen-bond acceptors (Lipinski definition) is 2. The minimum Gasteiger partial charge on any atom is -0.480 e. The summed E-state index contributed by atoms with van der Waals surface area (Å²) < 4.78 is 0. The Bertz CT molecular complexity index is 198. The van der Waals surface area contributed by atoms with Crippen LogP contribution in [0, 0.1) is 16.7 Å². The number of rotatable bonds is 2. The number of carbonyl (C=O) groups is 1. The molecule has 0 spiro atoms. The van der Waals surface area contributed by atoms with Gasteiger partial charge < -0.3 is 5.11 Å². The van der Waals surface area contributed by atoms with Crippen molar-refractivity contribution in [2.75, 3.05) is 0 Å². The van der Waals surface area contributed by atoms with Crippen molar-refractivity contribution >= 4 is 5.97 Å². The average Bonchev–Trinajstić information content (AvgIpc) is 1.85. The summed E-state index contributed by atoms with van der Waals surface area (Å²) in [4.78, 5) is 10.4. The molecule has 0 bridgehead atoms. The second-order valence-electron chi connectivity index (χ2n) is 2.32. The summed E-state index contributed by atoms with van der Waals surface area (Å²) in [6.45, 7) is 6.27. The Labute approximate surface area is 59.6 Å². The molecule has 1 atom stereocenters. The van der Waals surface area contributed by atoms with Gasteiger partial charge >= 0.3 is 5.97 Å². The van der Waals surface area contributed by atoms with Crippen molar-refractivity contribution in [1.82, 2.24) is 0 Å². The van der Waals surface area contributed by atoms with Crippen LogP contribution in [0.15, 0.2) is 12.2 Å². The molecule has 3 heteroatoms. The van der Waals surface area contributed by atoms with Gasteiger partial charge in [-0.05, 0) is 19.4 Å². The molecule has 0 aromatic carbocycles. The average molecular weight is 139 g/mol. The number of hydrogen-bond donors (Lipinski definition) is 1. The molecular formula is C7H9NO2. The summed E-state index contributed by atoms with van der Waals surface area (Å²) in [5.41, 5.74) is -1.08. The molecule has 1 unspecified atom stereocenters. The van der Waals surface area contributed by atoms with Gasteiger partial charge in [0.1, 0.15) is 0 Å². The van der Waals surface area contributed by atoms with Gasteiger partial charge in [-0.15, -0.1) is 0 Å². The summed E-state index contributed by atoms with van der Waals surface area (Å²) in [5, 5.41) is 17.0. The van der Waals surface area contributed by atoms with Crippen LogP contribution < -0.4 is 0 Å². The predicted octanol–water partition coefficient (Wildman–Crippen LogP) is 1.18. The molecule has 10 heavy (non-hydrogen) atoms. The fourth-order valence-corrected chi connectivity index (χ4v) is 0.326. The molecule has 0 aliphatic heterocycles. The van der Waals surface area contributed by atoms with Crippen LogP contribution in [0.4, 0.5) is 0 Å². The third-order valence-corrected chi connectivity index (χ3v) is 1.50. The molecule has 0 aliphatic carbocycles. The van der Waals surface area contributed by atoms with E-state index in [4.69, 9.17) is 10.4 Å². The maximum absolute atomic E-state index is 10.4. The zero-order valence-corrected chi connectivity index (χ0v) is 6.01. The molecule has 0 saturated heterocycles. The fourth-order valence-electron chi connectivity index (χ4n) is 0.326. The van der Waals surface area contributed by atoms with E-state index in [0.29, 0.717) is 5.57 Å². The van der Waals surface area contributed by atoms with Crippen LogP contribution in [0.5, 0.6) is 0 Å². The Morgan fingerprint density at radius 2 is 2.20 bits per heavy atom. The van der Waals surface area contributed by atoms with Gasteiger partial charge in [-0.25, -0.2) is 0 Å². The van der Waals surface area contributed by atoms with E-state index >= 15 is 0 Å². The normalized spacial score (nSPS) is 14.9. The Kier molecular flexibility index (Phi) is 2.20. The number of aliphatic carboxylic acids is 1. The van der Waals surface area contributed by atoms with Crippen molar-refractivity contribution in [3.8, 4) is 6.07 Å². The van der Waals surface area contributed by atoms with Crippen LogP contribution in [-0.4, -0.2) is 11.1 Å². The van der Waals surface area contributed by atoms with Crippen LogP contribution in [-0.2, 0) is 4.79 Å². The van der Waals surface area contributed by atoms with E-state index in [2.05, 4.69) is 6.58 Å². The summed E-state index contributed by atoms with van der Waals surface area (Å²) in [5.74, 6) is -1.15. The second kappa shape index (κ2) is 2.53. The number of nitriles is 1. The van der Waals surface area contributed by atoms with E-state index in [9.17, 15) is 4.79 Å². The maximum atomic E-state index is 10.4. The minimum absolute atomic E-state index is 0.350. The van der Waals surface area contributed by atoms with Gasteiger partial charge in [0.2, 0.25) is 0 Å². The smallest absolute Gasteiger partial charge is 0.327 e. The van der Waals surface area contributed by atoms with Gasteiger partial charge in [-0.1, -0.05) is 6.58 Å². The van der Waals surface area contributed by atoms with Gasteiger partial charge in [-0.3, -0.25) is 4.79 Å². The zero-order valence-electron chi connectivity index (χ0n) is 6.01. The Balaban J connectivity index is 4.78. The van der Waals surface area contributed by atoms with Crippen molar-refractivity contribution < 1.29 is 9.90 Å². The largest absolute Gasteiger partial charge is 0.480 e. The van der Waals surface area contributed by atoms with Gasteiger partial charge in [-0.2, -0.15) is 5.26 Å². The van der Waals surface area contributed by atoms with Crippen molar-refractivity contribution in [3.05, 3.63) is 12.2 Å². The highest BCUT2D eigenvalue weighted by atomic mass is 16.4. The lowest BCUT2D eigenvalue weighted by atomic mass is 9.86. The standard InChI is InChI=1S/C7H9NO2/c1-5(2)7(3,4-8)6(9)10/h1H2,2-3H3,(H,9,10). The van der Waals surface area contributed by atoms with Gasteiger partial charge in [0, 0.05) is 0 Å². The van der Waals surface area contributed by atoms with Crippen LogP contribution in [0.1, 0.15) is 13.8 Å². The van der Waals surface area contributed by atoms with Crippen molar-refractivity contribution in [1.29, 1.82) is 5.26 Å². The van der Waals surface area contributed by atoms with Crippen molar-refractivity contribution in [3.63, 3.8) is 0 Å². The topological polar surface area (TPSA) is 61.1 Å². The molecule has 0 saturated carbocycles. The van der Waals surface area contributed by atoms with Crippen molar-refractivity contribution in [2.45, 2.75) is 13.8 Å². The first-order valence-corrected chi connectivity index (χ1v) is 2.75. The van der Waals surface area contributed by atoms with E-state index in [1.807, 2.05) is 0 Å². The first-order valence-electron chi connectivity index (χ1n) is 2.75. The quantitative estimate of drug-likeness (QED) is 0.584. The zero-order chi connectivity index (χ0) is 8.36. The Hall–Kier alpha value is -1.30. The lowest BCUT2D eigenvalue weighted by Crippen LogP contribution is -2.26. The summed E-state index contributed by atoms with van der Waals surface area (Å²) >= 11 is 0. The fraction of sp³-hybridized carbons (Fsp3) is 0.429. The molecular weight excluding hydrogens is 130 g/mol. The molecule has 1 N–H and O–H groups in total. The molecule has 3 nitrogen and oxygen atoms in total. The van der Waals surface area contributed by atoms with E-state index < -0.39 is 11.4 Å². The SMILES string of the molecule is C=C(C)C(C)(C#N)C(=O)O. The van der Waals surface area contributed by atoms with Gasteiger partial charge in [0.05, 0.1) is 6.07 Å². The minimum atomic E-state index is -1.43. The molecule has 0 aromatic rings. The molecule has 0 heterocycles. The Morgan fingerprint density at radius 3 is 2.20 bits per heavy atom. The van der Waals surface area contributed by atoms with Crippen LogP contribution >= 0.6 is 0 Å². The molecule has 54 valence electrons. The van der Waals surface area contributed by atoms with E-state index in [1.165, 1.54) is 13.8 Å². The highest BCUT2D eigenvalue weighted by molar-refractivity contribution is 5.81. The molecule has 0 aliphatic rings. The number of nitrogens with zero attached hydrogens (tertiary/aromatic N) is 1. The van der Waals surface area contributed by atoms with Crippen LogP contribution in [0.2, 0.25) is 0 Å². The first-order chi connectivity index (χ1) is 4.45. The third-order valence-electron chi connectivity index (χ3n) is 1.50. The second-order valence-corrected chi connectivity index (χ2v) is 2.32. The highest BCUT2D eigenvalue weighted by Gasteiger charge is 2.33. The highest BCUT2D eigenvalue weighted by Crippen LogP contribution is 2.23. The lowest BCUT2D eigenvalue weighted by molar-refractivity contribution is -0.142. The molecule has 0 rings (SSSR count). The Morgan fingerprint density at radius 1 is 1.80 bits per heavy atom. The maximum Gasteiger partial charge on any atom is 0.327 e. The first kappa shape index (κ1) is 8.70. The van der Waals surface area contributed by atoms with E-state index in [1.54, 1.807) is 6.07 Å². The lowest BCUT2D eigenvalue weighted by Gasteiger charge is -2.14. The molecule has 0 fully saturated rings. The predicted molar refractivity (Wildman–Crippen MR) is 36.2 cm³/mol. The van der Waals surface area contributed by atoms with E-state index in [0.717, 1.165) is 0 Å². The van der Waals surface area contributed by atoms with E-state index in [-0.39, 0.29) is 0 Å². The number of carboxylic acid groups (broad SMARTS) is 1. The van der Waals surface area contributed by atoms with Gasteiger partial charge in [0.25, 0.3) is 0 Å². The van der Waals surface area contributed by atoms with Crippen LogP contribution in [0.3, 0.4) is 0 Å². The summed E-state index contributed by atoms with van der Waals surface area (Å²) in [7, 11) is 0. The summed E-state index contributed by atoms with van der Waals surface area (Å²) in [6, 6.07) is 1.68. The number of carboxylic acids is 1. The van der Waals surface area contributed by atoms with Crippen molar-refractivity contribution in [2.24, 2.45) is 5.41 Å². The molecule has 0 amide bonds. The van der Waals surface area contributed by atoms with Crippen LogP contribution in [0.25, 0.3) is 0 Å². The van der Waals surface area contributed by atoms with Gasteiger partial charge in [0.15, 0.2) is 5.41 Å². The summed E-state index contributed by atoms with van der Waals surface area (Å²) in [6.07, 6.45) is 0. The monoisotopic (exact) mass is 139 g/mol. The molecule has 0 radical (unpaired) electrons.